The highest BCUT2D eigenvalue weighted by Gasteiger charge is 2.28. The van der Waals surface area contributed by atoms with Gasteiger partial charge in [0.15, 0.2) is 0 Å². The molecule has 0 aliphatic carbocycles. The molecular weight excluding hydrogens is 312 g/mol. The molecule has 2 N–H and O–H groups in total. The minimum Gasteiger partial charge on any atom is -0.335 e. The molecule has 5 heteroatoms. The van der Waals surface area contributed by atoms with Crippen molar-refractivity contribution in [1.29, 1.82) is 0 Å². The summed E-state index contributed by atoms with van der Waals surface area (Å²) in [6.45, 7) is 0.463. The minimum atomic E-state index is -0.284. The molecule has 4 rings (SSSR count). The first-order valence-corrected chi connectivity index (χ1v) is 7.99. The summed E-state index contributed by atoms with van der Waals surface area (Å²) in [7, 11) is 0. The van der Waals surface area contributed by atoms with E-state index in [2.05, 4.69) is 38.2 Å². The molecule has 3 aromatic rings. The van der Waals surface area contributed by atoms with E-state index in [1.807, 2.05) is 30.5 Å². The van der Waals surface area contributed by atoms with Gasteiger partial charge in [-0.2, -0.15) is 0 Å². The smallest absolute Gasteiger partial charge is 0.319 e. The van der Waals surface area contributed by atoms with Gasteiger partial charge in [-0.1, -0.05) is 42.3 Å². The second-order valence-electron chi connectivity index (χ2n) is 5.81. The van der Waals surface area contributed by atoms with Crippen LogP contribution in [0.1, 0.15) is 17.2 Å². The average Bonchev–Trinajstić information content (AvgIpc) is 3.22. The zero-order valence-corrected chi connectivity index (χ0v) is 13.4. The Morgan fingerprint density at radius 1 is 1.20 bits per heavy atom. The normalized spacial score (nSPS) is 14.3. The molecule has 1 aliphatic heterocycles. The van der Waals surface area contributed by atoms with Crippen LogP contribution >= 0.6 is 0 Å². The summed E-state index contributed by atoms with van der Waals surface area (Å²) in [5, 5.41) is 5.74. The van der Waals surface area contributed by atoms with E-state index in [1.165, 1.54) is 5.56 Å². The first kappa shape index (κ1) is 15.0. The number of rotatable bonds is 3. The standard InChI is InChI=1S/C20H16N4O/c1-2-14-7-3-6-10-17(14)23-20(25)22-12-19-16-9-5-4-8-15(16)18-11-21-13-24(18)19/h1,3-11,13,19H,12H2,(H2,22,23,25). The van der Waals surface area contributed by atoms with Crippen LogP contribution in [0.2, 0.25) is 0 Å². The molecule has 0 fully saturated rings. The predicted molar refractivity (Wildman–Crippen MR) is 97.2 cm³/mol. The number of carbonyl (C=O) groups is 1. The van der Waals surface area contributed by atoms with Crippen LogP contribution in [0, 0.1) is 12.3 Å². The van der Waals surface area contributed by atoms with E-state index < -0.39 is 0 Å². The molecule has 0 bridgehead atoms. The highest BCUT2D eigenvalue weighted by Crippen LogP contribution is 2.38. The quantitative estimate of drug-likeness (QED) is 0.725. The maximum Gasteiger partial charge on any atom is 0.319 e. The number of terminal acetylenes is 1. The van der Waals surface area contributed by atoms with Crippen LogP contribution in [0.15, 0.2) is 61.1 Å². The second kappa shape index (κ2) is 6.17. The lowest BCUT2D eigenvalue weighted by Crippen LogP contribution is -2.33. The first-order chi connectivity index (χ1) is 12.3. The fourth-order valence-electron chi connectivity index (χ4n) is 3.21. The topological polar surface area (TPSA) is 59.0 Å². The second-order valence-corrected chi connectivity index (χ2v) is 5.81. The van der Waals surface area contributed by atoms with E-state index in [0.717, 1.165) is 11.3 Å². The van der Waals surface area contributed by atoms with Crippen molar-refractivity contribution in [2.24, 2.45) is 0 Å². The number of imidazole rings is 1. The SMILES string of the molecule is C#Cc1ccccc1NC(=O)NCC1c2ccccc2-c2cncn21. The molecule has 0 saturated heterocycles. The maximum absolute atomic E-state index is 12.3. The Bertz CT molecular complexity index is 983. The minimum absolute atomic E-state index is 0.0299. The van der Waals surface area contributed by atoms with Gasteiger partial charge in [0.25, 0.3) is 0 Å². The number of nitrogens with zero attached hydrogens (tertiary/aromatic N) is 2. The van der Waals surface area contributed by atoms with Crippen LogP contribution in [0.25, 0.3) is 11.3 Å². The molecule has 1 aromatic heterocycles. The van der Waals surface area contributed by atoms with Crippen LogP contribution in [-0.4, -0.2) is 22.1 Å². The van der Waals surface area contributed by atoms with Gasteiger partial charge < -0.3 is 15.2 Å². The molecule has 1 unspecified atom stereocenters. The lowest BCUT2D eigenvalue weighted by atomic mass is 10.0. The maximum atomic E-state index is 12.3. The van der Waals surface area contributed by atoms with Gasteiger partial charge in [0.1, 0.15) is 0 Å². The van der Waals surface area contributed by atoms with Crippen molar-refractivity contribution in [1.82, 2.24) is 14.9 Å². The van der Waals surface area contributed by atoms with Gasteiger partial charge in [-0.15, -0.1) is 6.42 Å². The van der Waals surface area contributed by atoms with Crippen molar-refractivity contribution in [3.8, 4) is 23.6 Å². The Kier molecular flexibility index (Phi) is 3.71. The van der Waals surface area contributed by atoms with Crippen LogP contribution in [0.5, 0.6) is 0 Å². The van der Waals surface area contributed by atoms with Crippen molar-refractivity contribution >= 4 is 11.7 Å². The fourth-order valence-corrected chi connectivity index (χ4v) is 3.21. The van der Waals surface area contributed by atoms with Crippen LogP contribution in [0.3, 0.4) is 0 Å². The Labute approximate surface area is 145 Å². The van der Waals surface area contributed by atoms with Crippen LogP contribution < -0.4 is 10.6 Å². The lowest BCUT2D eigenvalue weighted by Gasteiger charge is -2.16. The lowest BCUT2D eigenvalue weighted by molar-refractivity contribution is 0.251. The number of hydrogen-bond acceptors (Lipinski definition) is 2. The molecule has 5 nitrogen and oxygen atoms in total. The molecule has 1 atom stereocenters. The summed E-state index contributed by atoms with van der Waals surface area (Å²) in [4.78, 5) is 16.5. The van der Waals surface area contributed by atoms with Gasteiger partial charge in [-0.3, -0.25) is 0 Å². The highest BCUT2D eigenvalue weighted by molar-refractivity contribution is 5.90. The molecule has 1 aliphatic rings. The molecule has 0 spiro atoms. The van der Waals surface area contributed by atoms with Crippen molar-refractivity contribution in [3.05, 3.63) is 72.2 Å². The van der Waals surface area contributed by atoms with E-state index in [1.54, 1.807) is 18.5 Å². The van der Waals surface area contributed by atoms with Crippen molar-refractivity contribution in [2.75, 3.05) is 11.9 Å². The van der Waals surface area contributed by atoms with Gasteiger partial charge >= 0.3 is 6.03 Å². The number of para-hydroxylation sites is 1. The molecule has 25 heavy (non-hydrogen) atoms. The van der Waals surface area contributed by atoms with Crippen molar-refractivity contribution < 1.29 is 4.79 Å². The summed E-state index contributed by atoms with van der Waals surface area (Å²) in [5.74, 6) is 2.57. The molecule has 2 amide bonds. The zero-order valence-electron chi connectivity index (χ0n) is 13.4. The number of amides is 2. The number of carbonyl (C=O) groups excluding carboxylic acids is 1. The third-order valence-electron chi connectivity index (χ3n) is 4.38. The van der Waals surface area contributed by atoms with Gasteiger partial charge in [0, 0.05) is 17.7 Å². The summed E-state index contributed by atoms with van der Waals surface area (Å²) in [6.07, 6.45) is 9.11. The van der Waals surface area contributed by atoms with Crippen LogP contribution in [0.4, 0.5) is 10.5 Å². The van der Waals surface area contributed by atoms with Crippen molar-refractivity contribution in [3.63, 3.8) is 0 Å². The third-order valence-corrected chi connectivity index (χ3v) is 4.38. The molecule has 2 aromatic carbocycles. The zero-order chi connectivity index (χ0) is 17.2. The number of urea groups is 1. The number of anilines is 1. The van der Waals surface area contributed by atoms with E-state index in [9.17, 15) is 4.79 Å². The Morgan fingerprint density at radius 2 is 2.00 bits per heavy atom. The number of nitrogens with one attached hydrogen (secondary N) is 2. The summed E-state index contributed by atoms with van der Waals surface area (Å²) >= 11 is 0. The molecule has 122 valence electrons. The van der Waals surface area contributed by atoms with Crippen LogP contribution in [-0.2, 0) is 0 Å². The van der Waals surface area contributed by atoms with Gasteiger partial charge in [0.2, 0.25) is 0 Å². The Morgan fingerprint density at radius 3 is 2.88 bits per heavy atom. The number of fused-ring (bicyclic) bond motifs is 3. The average molecular weight is 328 g/mol. The molecule has 0 radical (unpaired) electrons. The van der Waals surface area contributed by atoms with E-state index >= 15 is 0 Å². The first-order valence-electron chi connectivity index (χ1n) is 7.99. The predicted octanol–water partition coefficient (Wildman–Crippen LogP) is 3.26. The van der Waals surface area contributed by atoms with Crippen molar-refractivity contribution in [2.45, 2.75) is 6.04 Å². The highest BCUT2D eigenvalue weighted by atomic mass is 16.2. The van der Waals surface area contributed by atoms with Gasteiger partial charge in [0.05, 0.1) is 29.9 Å². The monoisotopic (exact) mass is 328 g/mol. The number of hydrogen-bond donors (Lipinski definition) is 2. The third kappa shape index (κ3) is 2.64. The van der Waals surface area contributed by atoms with Gasteiger partial charge in [-0.05, 0) is 17.7 Å². The largest absolute Gasteiger partial charge is 0.335 e. The van der Waals surface area contributed by atoms with E-state index in [0.29, 0.717) is 17.8 Å². The Balaban J connectivity index is 1.49. The number of aromatic nitrogens is 2. The molecular formula is C20H16N4O. The van der Waals surface area contributed by atoms with E-state index in [-0.39, 0.29) is 12.1 Å². The summed E-state index contributed by atoms with van der Waals surface area (Å²) < 4.78 is 2.08. The Hall–Kier alpha value is -3.52. The number of benzene rings is 2. The summed E-state index contributed by atoms with van der Waals surface area (Å²) in [6, 6.07) is 15.2. The molecule has 0 saturated carbocycles. The summed E-state index contributed by atoms with van der Waals surface area (Å²) in [5.41, 5.74) is 4.69. The molecule has 2 heterocycles. The van der Waals surface area contributed by atoms with E-state index in [4.69, 9.17) is 6.42 Å². The fraction of sp³-hybridized carbons (Fsp3) is 0.100. The van der Waals surface area contributed by atoms with Gasteiger partial charge in [-0.25, -0.2) is 9.78 Å².